The van der Waals surface area contributed by atoms with E-state index in [-0.39, 0.29) is 12.1 Å². The summed E-state index contributed by atoms with van der Waals surface area (Å²) in [6, 6.07) is 2.67. The third-order valence-corrected chi connectivity index (χ3v) is 3.31. The molecule has 0 unspecified atom stereocenters. The summed E-state index contributed by atoms with van der Waals surface area (Å²) in [5, 5.41) is 21.5. The molecule has 0 bridgehead atoms. The highest BCUT2D eigenvalue weighted by Crippen LogP contribution is 2.36. The Kier molecular flexibility index (Phi) is 5.85. The number of rotatable bonds is 6. The van der Waals surface area contributed by atoms with Gasteiger partial charge < -0.3 is 9.47 Å². The summed E-state index contributed by atoms with van der Waals surface area (Å²) >= 11 is 0. The quantitative estimate of drug-likeness (QED) is 0.280. The van der Waals surface area contributed by atoms with Gasteiger partial charge in [-0.3, -0.25) is 20.2 Å². The molecule has 0 fully saturated rings. The lowest BCUT2D eigenvalue weighted by molar-refractivity contribution is -0.385. The third kappa shape index (κ3) is 5.70. The second-order valence-electron chi connectivity index (χ2n) is 5.35. The van der Waals surface area contributed by atoms with Crippen molar-refractivity contribution in [2.45, 2.75) is 12.4 Å². The van der Waals surface area contributed by atoms with Crippen LogP contribution < -0.4 is 9.47 Å². The minimum absolute atomic E-state index is 0.268. The molecule has 0 aliphatic carbocycles. The summed E-state index contributed by atoms with van der Waals surface area (Å²) in [6.07, 6.45) is -9.85. The Morgan fingerprint density at radius 1 is 0.690 bits per heavy atom. The molecule has 156 valence electrons. The predicted molar refractivity (Wildman–Crippen MR) is 82.3 cm³/mol. The van der Waals surface area contributed by atoms with E-state index in [9.17, 15) is 46.6 Å². The lowest BCUT2D eigenvalue weighted by Crippen LogP contribution is -2.10. The van der Waals surface area contributed by atoms with E-state index in [0.29, 0.717) is 24.3 Å². The largest absolute Gasteiger partial charge is 0.457 e. The predicted octanol–water partition coefficient (Wildman–Crippen LogP) is 4.96. The average Bonchev–Trinajstić information content (AvgIpc) is 2.59. The monoisotopic (exact) mass is 426 g/mol. The fraction of sp³-hybridized carbons (Fsp3) is 0.200. The van der Waals surface area contributed by atoms with Gasteiger partial charge in [-0.05, 0) is 12.1 Å². The van der Waals surface area contributed by atoms with E-state index in [4.69, 9.17) is 9.47 Å². The maximum Gasteiger partial charge on any atom is 0.416 e. The van der Waals surface area contributed by atoms with Crippen molar-refractivity contribution in [3.63, 3.8) is 0 Å². The van der Waals surface area contributed by atoms with Crippen LogP contribution in [0.3, 0.4) is 0 Å². The lowest BCUT2D eigenvalue weighted by atomic mass is 10.2. The van der Waals surface area contributed by atoms with E-state index in [0.717, 1.165) is 0 Å². The van der Waals surface area contributed by atoms with Crippen LogP contribution in [0.4, 0.5) is 37.7 Å². The zero-order valence-corrected chi connectivity index (χ0v) is 13.8. The second kappa shape index (κ2) is 7.81. The maximum absolute atomic E-state index is 12.8. The van der Waals surface area contributed by atoms with Crippen molar-refractivity contribution >= 4 is 11.4 Å². The molecule has 2 rings (SSSR count). The molecule has 0 radical (unpaired) electrons. The molecule has 8 nitrogen and oxygen atoms in total. The zero-order valence-electron chi connectivity index (χ0n) is 13.8. The van der Waals surface area contributed by atoms with Crippen LogP contribution in [0.2, 0.25) is 0 Å². The topological polar surface area (TPSA) is 105 Å². The van der Waals surface area contributed by atoms with Gasteiger partial charge in [0.15, 0.2) is 0 Å². The van der Waals surface area contributed by atoms with Crippen LogP contribution in [0.5, 0.6) is 11.5 Å². The average molecular weight is 426 g/mol. The van der Waals surface area contributed by atoms with Gasteiger partial charge in [-0.15, -0.1) is 0 Å². The molecule has 0 saturated heterocycles. The molecule has 0 heterocycles. The molecule has 0 aliphatic heterocycles. The third-order valence-electron chi connectivity index (χ3n) is 3.31. The number of hydrogen-bond donors (Lipinski definition) is 0. The standard InChI is InChI=1S/C15H8F6N2O6/c16-14(17,18)8-1-10(22(24)25)5-12(3-8)28-7-29-13-4-9(15(19,20)21)2-11(6-13)23(26)27/h1-6H,7H2. The van der Waals surface area contributed by atoms with Crippen molar-refractivity contribution in [1.29, 1.82) is 0 Å². The molecule has 2 aromatic carbocycles. The van der Waals surface area contributed by atoms with Crippen LogP contribution in [0, 0.1) is 20.2 Å². The van der Waals surface area contributed by atoms with Gasteiger partial charge in [0.1, 0.15) is 11.5 Å². The summed E-state index contributed by atoms with van der Waals surface area (Å²) in [5.41, 5.74) is -4.66. The molecular formula is C15H8F6N2O6. The van der Waals surface area contributed by atoms with Crippen molar-refractivity contribution in [3.05, 3.63) is 67.8 Å². The zero-order chi connectivity index (χ0) is 22.0. The minimum atomic E-state index is -4.92. The van der Waals surface area contributed by atoms with Crippen LogP contribution in [0.1, 0.15) is 11.1 Å². The molecule has 0 aromatic heterocycles. The van der Waals surface area contributed by atoms with Crippen molar-refractivity contribution in [2.24, 2.45) is 0 Å². The molecule has 0 amide bonds. The van der Waals surface area contributed by atoms with Crippen LogP contribution in [-0.2, 0) is 12.4 Å². The molecule has 29 heavy (non-hydrogen) atoms. The highest BCUT2D eigenvalue weighted by molar-refractivity contribution is 5.45. The van der Waals surface area contributed by atoms with Crippen molar-refractivity contribution in [2.75, 3.05) is 6.79 Å². The number of nitro groups is 2. The molecule has 0 aliphatic rings. The van der Waals surface area contributed by atoms with Gasteiger partial charge in [0.2, 0.25) is 6.79 Å². The number of alkyl halides is 6. The van der Waals surface area contributed by atoms with E-state index in [1.165, 1.54) is 0 Å². The number of nitrogens with zero attached hydrogens (tertiary/aromatic N) is 2. The van der Waals surface area contributed by atoms with E-state index in [1.807, 2.05) is 0 Å². The minimum Gasteiger partial charge on any atom is -0.457 e. The Labute approximate surface area is 156 Å². The number of hydrogen-bond acceptors (Lipinski definition) is 6. The van der Waals surface area contributed by atoms with E-state index >= 15 is 0 Å². The van der Waals surface area contributed by atoms with E-state index in [1.54, 1.807) is 0 Å². The Balaban J connectivity index is 2.23. The van der Waals surface area contributed by atoms with Gasteiger partial charge in [-0.1, -0.05) is 0 Å². The van der Waals surface area contributed by atoms with Crippen LogP contribution >= 0.6 is 0 Å². The van der Waals surface area contributed by atoms with Crippen molar-refractivity contribution in [3.8, 4) is 11.5 Å². The number of benzene rings is 2. The van der Waals surface area contributed by atoms with E-state index in [2.05, 4.69) is 0 Å². The Bertz CT molecular complexity index is 868. The highest BCUT2D eigenvalue weighted by atomic mass is 19.4. The first-order chi connectivity index (χ1) is 13.3. The normalized spacial score (nSPS) is 11.8. The smallest absolute Gasteiger partial charge is 0.416 e. The van der Waals surface area contributed by atoms with Gasteiger partial charge >= 0.3 is 12.4 Å². The summed E-state index contributed by atoms with van der Waals surface area (Å²) in [7, 11) is 0. The first-order valence-corrected chi connectivity index (χ1v) is 7.26. The highest BCUT2D eigenvalue weighted by Gasteiger charge is 2.34. The summed E-state index contributed by atoms with van der Waals surface area (Å²) in [6.45, 7) is -0.975. The fourth-order valence-corrected chi connectivity index (χ4v) is 2.04. The summed E-state index contributed by atoms with van der Waals surface area (Å²) in [5.74, 6) is -1.29. The second-order valence-corrected chi connectivity index (χ2v) is 5.35. The maximum atomic E-state index is 12.8. The van der Waals surface area contributed by atoms with Gasteiger partial charge in [0.25, 0.3) is 11.4 Å². The van der Waals surface area contributed by atoms with Crippen molar-refractivity contribution in [1.82, 2.24) is 0 Å². The van der Waals surface area contributed by atoms with Crippen molar-refractivity contribution < 1.29 is 45.7 Å². The molecule has 14 heteroatoms. The summed E-state index contributed by atoms with van der Waals surface area (Å²) in [4.78, 5) is 19.3. The van der Waals surface area contributed by atoms with E-state index < -0.39 is 63.0 Å². The number of ether oxygens (including phenoxy) is 2. The Morgan fingerprint density at radius 2 is 1.03 bits per heavy atom. The molecule has 0 N–H and O–H groups in total. The van der Waals surface area contributed by atoms with Crippen LogP contribution in [0.15, 0.2) is 36.4 Å². The number of non-ortho nitro benzene ring substituents is 2. The van der Waals surface area contributed by atoms with Crippen LogP contribution in [0.25, 0.3) is 0 Å². The summed E-state index contributed by atoms with van der Waals surface area (Å²) < 4.78 is 86.3. The van der Waals surface area contributed by atoms with Gasteiger partial charge in [-0.2, -0.15) is 26.3 Å². The SMILES string of the molecule is O=[N+]([O-])c1cc(OCOc2cc([N+](=O)[O-])cc(C(F)(F)F)c2)cc(C(F)(F)F)c1. The Morgan fingerprint density at radius 3 is 1.31 bits per heavy atom. The van der Waals surface area contributed by atoms with Gasteiger partial charge in [0, 0.05) is 12.1 Å². The number of halogens is 6. The van der Waals surface area contributed by atoms with Crippen LogP contribution in [-0.4, -0.2) is 16.6 Å². The van der Waals surface area contributed by atoms with Gasteiger partial charge in [-0.25, -0.2) is 0 Å². The first-order valence-electron chi connectivity index (χ1n) is 7.26. The first kappa shape index (κ1) is 21.7. The fourth-order valence-electron chi connectivity index (χ4n) is 2.04. The number of nitro benzene ring substituents is 2. The molecule has 0 saturated carbocycles. The molecule has 2 aromatic rings. The molecule has 0 spiro atoms. The lowest BCUT2D eigenvalue weighted by Gasteiger charge is -2.13. The molecular weight excluding hydrogens is 418 g/mol. The Hall–Kier alpha value is -3.58. The van der Waals surface area contributed by atoms with Gasteiger partial charge in [0.05, 0.1) is 33.1 Å². The molecule has 0 atom stereocenters.